The van der Waals surface area contributed by atoms with Crippen LogP contribution in [-0.4, -0.2) is 53.9 Å². The SMILES string of the molecule is CCOC1CCCN(CCC(C)(N)C(=O)O)C1. The number of nitrogens with two attached hydrogens (primary N) is 1. The lowest BCUT2D eigenvalue weighted by Gasteiger charge is -2.33. The summed E-state index contributed by atoms with van der Waals surface area (Å²) < 4.78 is 5.60. The molecule has 1 saturated heterocycles. The Balaban J connectivity index is 2.34. The third kappa shape index (κ3) is 4.61. The maximum atomic E-state index is 10.9. The molecule has 0 aromatic carbocycles. The standard InChI is InChI=1S/C12H24N2O3/c1-3-17-10-5-4-7-14(9-10)8-6-12(2,13)11(15)16/h10H,3-9,13H2,1-2H3,(H,15,16). The summed E-state index contributed by atoms with van der Waals surface area (Å²) in [5, 5.41) is 8.94. The summed E-state index contributed by atoms with van der Waals surface area (Å²) in [6, 6.07) is 0. The fourth-order valence-electron chi connectivity index (χ4n) is 2.09. The van der Waals surface area contributed by atoms with Crippen LogP contribution in [0.5, 0.6) is 0 Å². The highest BCUT2D eigenvalue weighted by molar-refractivity contribution is 5.77. The number of carbonyl (C=O) groups is 1. The van der Waals surface area contributed by atoms with Crippen molar-refractivity contribution in [2.75, 3.05) is 26.2 Å². The Morgan fingerprint density at radius 2 is 2.35 bits per heavy atom. The number of aliphatic carboxylic acids is 1. The Morgan fingerprint density at radius 1 is 1.65 bits per heavy atom. The zero-order chi connectivity index (χ0) is 12.9. The highest BCUT2D eigenvalue weighted by atomic mass is 16.5. The van der Waals surface area contributed by atoms with E-state index in [4.69, 9.17) is 15.6 Å². The molecule has 0 aromatic rings. The number of hydrogen-bond acceptors (Lipinski definition) is 4. The van der Waals surface area contributed by atoms with Gasteiger partial charge in [0.25, 0.3) is 0 Å². The molecule has 1 aliphatic heterocycles. The Kier molecular flexibility index (Phi) is 5.36. The molecule has 1 heterocycles. The molecule has 5 nitrogen and oxygen atoms in total. The lowest BCUT2D eigenvalue weighted by molar-refractivity contribution is -0.143. The van der Waals surface area contributed by atoms with Gasteiger partial charge in [-0.25, -0.2) is 0 Å². The minimum absolute atomic E-state index is 0.294. The minimum Gasteiger partial charge on any atom is -0.480 e. The monoisotopic (exact) mass is 244 g/mol. The largest absolute Gasteiger partial charge is 0.480 e. The van der Waals surface area contributed by atoms with Gasteiger partial charge in [0.1, 0.15) is 5.54 Å². The Labute approximate surface area is 103 Å². The van der Waals surface area contributed by atoms with Crippen LogP contribution in [0.15, 0.2) is 0 Å². The van der Waals surface area contributed by atoms with Crippen LogP contribution in [0.1, 0.15) is 33.1 Å². The number of likely N-dealkylation sites (tertiary alicyclic amines) is 1. The van der Waals surface area contributed by atoms with Crippen LogP contribution in [0.4, 0.5) is 0 Å². The van der Waals surface area contributed by atoms with Gasteiger partial charge < -0.3 is 20.5 Å². The van der Waals surface area contributed by atoms with Crippen molar-refractivity contribution in [1.29, 1.82) is 0 Å². The van der Waals surface area contributed by atoms with E-state index in [1.807, 2.05) is 6.92 Å². The molecule has 0 bridgehead atoms. The van der Waals surface area contributed by atoms with Crippen molar-refractivity contribution in [2.45, 2.75) is 44.8 Å². The molecule has 0 radical (unpaired) electrons. The predicted octanol–water partition coefficient (Wildman–Crippen LogP) is 0.679. The van der Waals surface area contributed by atoms with Gasteiger partial charge in [0.2, 0.25) is 0 Å². The predicted molar refractivity (Wildman–Crippen MR) is 65.9 cm³/mol. The van der Waals surface area contributed by atoms with E-state index in [0.29, 0.717) is 12.5 Å². The second-order valence-electron chi connectivity index (χ2n) is 4.99. The van der Waals surface area contributed by atoms with Crippen LogP contribution in [0.25, 0.3) is 0 Å². The van der Waals surface area contributed by atoms with Crippen molar-refractivity contribution < 1.29 is 14.6 Å². The quantitative estimate of drug-likeness (QED) is 0.718. The first kappa shape index (κ1) is 14.4. The van der Waals surface area contributed by atoms with Gasteiger partial charge in [0.05, 0.1) is 6.10 Å². The molecular formula is C12H24N2O3. The van der Waals surface area contributed by atoms with Gasteiger partial charge >= 0.3 is 5.97 Å². The van der Waals surface area contributed by atoms with Crippen LogP contribution in [0.2, 0.25) is 0 Å². The number of ether oxygens (including phenoxy) is 1. The van der Waals surface area contributed by atoms with Crippen LogP contribution in [-0.2, 0) is 9.53 Å². The van der Waals surface area contributed by atoms with E-state index in [1.165, 1.54) is 0 Å². The summed E-state index contributed by atoms with van der Waals surface area (Å²) in [6.45, 7) is 6.94. The van der Waals surface area contributed by atoms with E-state index >= 15 is 0 Å². The van der Waals surface area contributed by atoms with Crippen molar-refractivity contribution in [3.63, 3.8) is 0 Å². The zero-order valence-corrected chi connectivity index (χ0v) is 10.8. The molecule has 0 spiro atoms. The molecule has 100 valence electrons. The zero-order valence-electron chi connectivity index (χ0n) is 10.8. The molecule has 5 heteroatoms. The molecule has 2 unspecified atom stereocenters. The maximum Gasteiger partial charge on any atom is 0.323 e. The first-order valence-corrected chi connectivity index (χ1v) is 6.32. The van der Waals surface area contributed by atoms with Gasteiger partial charge in [-0.3, -0.25) is 4.79 Å². The van der Waals surface area contributed by atoms with Gasteiger partial charge in [0, 0.05) is 19.7 Å². The summed E-state index contributed by atoms with van der Waals surface area (Å²) in [5.74, 6) is -0.934. The molecule has 17 heavy (non-hydrogen) atoms. The number of piperidine rings is 1. The summed E-state index contributed by atoms with van der Waals surface area (Å²) in [6.07, 6.45) is 2.98. The van der Waals surface area contributed by atoms with Crippen molar-refractivity contribution in [3.8, 4) is 0 Å². The molecule has 1 rings (SSSR count). The lowest BCUT2D eigenvalue weighted by atomic mass is 9.98. The van der Waals surface area contributed by atoms with Crippen molar-refractivity contribution in [2.24, 2.45) is 5.73 Å². The lowest BCUT2D eigenvalue weighted by Crippen LogP contribution is -2.49. The average molecular weight is 244 g/mol. The third-order valence-corrected chi connectivity index (χ3v) is 3.30. The van der Waals surface area contributed by atoms with Crippen LogP contribution >= 0.6 is 0 Å². The number of rotatable bonds is 6. The molecule has 1 fully saturated rings. The molecule has 0 aromatic heterocycles. The molecule has 3 N–H and O–H groups in total. The van der Waals surface area contributed by atoms with Crippen LogP contribution < -0.4 is 5.73 Å². The van der Waals surface area contributed by atoms with E-state index in [0.717, 1.165) is 39.1 Å². The van der Waals surface area contributed by atoms with E-state index < -0.39 is 11.5 Å². The molecular weight excluding hydrogens is 220 g/mol. The number of nitrogens with zero attached hydrogens (tertiary/aromatic N) is 1. The summed E-state index contributed by atoms with van der Waals surface area (Å²) in [7, 11) is 0. The highest BCUT2D eigenvalue weighted by Gasteiger charge is 2.29. The molecule has 0 saturated carbocycles. The first-order valence-electron chi connectivity index (χ1n) is 6.32. The van der Waals surface area contributed by atoms with Gasteiger partial charge in [-0.1, -0.05) is 0 Å². The summed E-state index contributed by atoms with van der Waals surface area (Å²) in [5.41, 5.74) is 4.59. The highest BCUT2D eigenvalue weighted by Crippen LogP contribution is 2.15. The Morgan fingerprint density at radius 3 is 2.94 bits per heavy atom. The summed E-state index contributed by atoms with van der Waals surface area (Å²) in [4.78, 5) is 13.1. The first-order chi connectivity index (χ1) is 7.95. The van der Waals surface area contributed by atoms with E-state index in [-0.39, 0.29) is 0 Å². The van der Waals surface area contributed by atoms with Gasteiger partial charge in [-0.2, -0.15) is 0 Å². The molecule has 0 aliphatic carbocycles. The van der Waals surface area contributed by atoms with Crippen LogP contribution in [0, 0.1) is 0 Å². The van der Waals surface area contributed by atoms with E-state index in [9.17, 15) is 4.79 Å². The van der Waals surface area contributed by atoms with Gasteiger partial charge in [-0.05, 0) is 39.7 Å². The normalized spacial score (nSPS) is 25.5. The Hall–Kier alpha value is -0.650. The fraction of sp³-hybridized carbons (Fsp3) is 0.917. The van der Waals surface area contributed by atoms with Gasteiger partial charge in [-0.15, -0.1) is 0 Å². The minimum atomic E-state index is -1.13. The Bertz CT molecular complexity index is 254. The molecule has 0 amide bonds. The maximum absolute atomic E-state index is 10.9. The number of carboxylic acid groups (broad SMARTS) is 1. The molecule has 1 aliphatic rings. The van der Waals surface area contributed by atoms with E-state index in [1.54, 1.807) is 6.92 Å². The van der Waals surface area contributed by atoms with Gasteiger partial charge in [0.15, 0.2) is 0 Å². The topological polar surface area (TPSA) is 75.8 Å². The fourth-order valence-corrected chi connectivity index (χ4v) is 2.09. The smallest absolute Gasteiger partial charge is 0.323 e. The summed E-state index contributed by atoms with van der Waals surface area (Å²) >= 11 is 0. The molecule has 2 atom stereocenters. The second-order valence-corrected chi connectivity index (χ2v) is 4.99. The second kappa shape index (κ2) is 6.33. The van der Waals surface area contributed by atoms with Crippen molar-refractivity contribution >= 4 is 5.97 Å². The van der Waals surface area contributed by atoms with Crippen LogP contribution in [0.3, 0.4) is 0 Å². The number of carboxylic acids is 1. The van der Waals surface area contributed by atoms with E-state index in [2.05, 4.69) is 4.90 Å². The van der Waals surface area contributed by atoms with Crippen molar-refractivity contribution in [1.82, 2.24) is 4.90 Å². The average Bonchev–Trinajstić information content (AvgIpc) is 2.27. The third-order valence-electron chi connectivity index (χ3n) is 3.30. The number of hydrogen-bond donors (Lipinski definition) is 2. The van der Waals surface area contributed by atoms with Crippen molar-refractivity contribution in [3.05, 3.63) is 0 Å².